The molecule has 28 heavy (non-hydrogen) atoms. The first-order valence-corrected chi connectivity index (χ1v) is 10.4. The first kappa shape index (κ1) is 21.3. The third-order valence-corrected chi connectivity index (χ3v) is 4.96. The lowest BCUT2D eigenvalue weighted by molar-refractivity contribution is 0.584. The van der Waals surface area contributed by atoms with Crippen LogP contribution in [0.4, 0.5) is 17.1 Å². The molecule has 0 unspecified atom stereocenters. The summed E-state index contributed by atoms with van der Waals surface area (Å²) >= 11 is 0. The second-order valence-corrected chi connectivity index (χ2v) is 7.86. The van der Waals surface area contributed by atoms with E-state index in [0.29, 0.717) is 5.69 Å². The number of sulfonamides is 1. The first-order valence-electron chi connectivity index (χ1n) is 8.91. The summed E-state index contributed by atoms with van der Waals surface area (Å²) in [5, 5.41) is 12.0. The maximum Gasteiger partial charge on any atom is 0.276 e. The van der Waals surface area contributed by atoms with Gasteiger partial charge in [-0.25, -0.2) is 4.83 Å². The van der Waals surface area contributed by atoms with Gasteiger partial charge in [0.2, 0.25) is 0 Å². The minimum absolute atomic E-state index is 0.108. The van der Waals surface area contributed by atoms with E-state index in [0.717, 1.165) is 24.2 Å². The number of azo groups is 1. The maximum atomic E-state index is 12.2. The van der Waals surface area contributed by atoms with E-state index in [-0.39, 0.29) is 4.90 Å². The predicted molar refractivity (Wildman–Crippen MR) is 114 cm³/mol. The average molecular weight is 400 g/mol. The third kappa shape index (κ3) is 6.62. The van der Waals surface area contributed by atoms with Gasteiger partial charge in [-0.15, -0.1) is 0 Å². The Kier molecular flexibility index (Phi) is 7.88. The lowest BCUT2D eigenvalue weighted by Gasteiger charge is -2.11. The number of nitrogens with zero attached hydrogens (tertiary/aromatic N) is 4. The smallest absolute Gasteiger partial charge is 0.276 e. The molecule has 1 N–H and O–H groups in total. The zero-order chi connectivity index (χ0) is 20.4. The van der Waals surface area contributed by atoms with Crippen LogP contribution in [0.2, 0.25) is 0 Å². The van der Waals surface area contributed by atoms with Crippen LogP contribution in [0.3, 0.4) is 0 Å². The fraction of sp³-hybridized carbons (Fsp3) is 0.250. The molecule has 8 heteroatoms. The van der Waals surface area contributed by atoms with Gasteiger partial charge in [-0.3, -0.25) is 0 Å². The topological polar surface area (TPSA) is 86.5 Å². The molecule has 0 heterocycles. The van der Waals surface area contributed by atoms with Gasteiger partial charge in [0, 0.05) is 26.0 Å². The molecule has 0 amide bonds. The zero-order valence-corrected chi connectivity index (χ0v) is 17.1. The molecule has 0 saturated heterocycles. The lowest BCUT2D eigenvalue weighted by atomic mass is 10.3. The van der Waals surface area contributed by atoms with Crippen molar-refractivity contribution in [2.24, 2.45) is 15.3 Å². The number of nitrogens with one attached hydrogen (secondary N) is 1. The first-order chi connectivity index (χ1) is 13.4. The summed E-state index contributed by atoms with van der Waals surface area (Å²) in [6.07, 6.45) is 7.00. The van der Waals surface area contributed by atoms with Crippen LogP contribution in [0, 0.1) is 0 Å². The Bertz CT molecular complexity index is 932. The van der Waals surface area contributed by atoms with Gasteiger partial charge in [-0.2, -0.15) is 23.7 Å². The van der Waals surface area contributed by atoms with Crippen LogP contribution in [-0.2, 0) is 10.0 Å². The number of hydrazone groups is 1. The zero-order valence-electron chi connectivity index (χ0n) is 16.3. The van der Waals surface area contributed by atoms with Crippen molar-refractivity contribution in [2.45, 2.75) is 24.7 Å². The van der Waals surface area contributed by atoms with E-state index in [9.17, 15) is 8.42 Å². The summed E-state index contributed by atoms with van der Waals surface area (Å²) in [6, 6.07) is 13.8. The molecule has 0 aromatic heterocycles. The summed E-state index contributed by atoms with van der Waals surface area (Å²) in [4.78, 5) is 4.28. The second-order valence-electron chi connectivity index (χ2n) is 6.19. The van der Waals surface area contributed by atoms with Gasteiger partial charge in [0.25, 0.3) is 10.0 Å². The molecular formula is C20H25N5O2S. The molecule has 0 aliphatic heterocycles. The van der Waals surface area contributed by atoms with Gasteiger partial charge in [0.1, 0.15) is 0 Å². The summed E-state index contributed by atoms with van der Waals surface area (Å²) < 4.78 is 24.4. The maximum absolute atomic E-state index is 12.2. The Morgan fingerprint density at radius 3 is 2.07 bits per heavy atom. The Hall–Kier alpha value is -3.00. The molecule has 0 fully saturated rings. The minimum atomic E-state index is -3.71. The van der Waals surface area contributed by atoms with Crippen LogP contribution in [0.25, 0.3) is 0 Å². The number of rotatable bonds is 9. The van der Waals surface area contributed by atoms with E-state index in [1.54, 1.807) is 18.2 Å². The van der Waals surface area contributed by atoms with E-state index in [2.05, 4.69) is 27.1 Å². The van der Waals surface area contributed by atoms with Crippen molar-refractivity contribution in [1.29, 1.82) is 0 Å². The SMILES string of the molecule is CCC/C=C/C=N/NS(=O)(=O)c1ccc(N=Nc2ccc(N(C)C)cc2)cc1. The van der Waals surface area contributed by atoms with Crippen molar-refractivity contribution >= 4 is 33.3 Å². The van der Waals surface area contributed by atoms with Crippen LogP contribution in [0.15, 0.2) is 80.9 Å². The van der Waals surface area contributed by atoms with E-state index in [4.69, 9.17) is 0 Å². The molecule has 148 valence electrons. The Labute approximate surface area is 166 Å². The summed E-state index contributed by atoms with van der Waals surface area (Å²) in [5.41, 5.74) is 2.35. The van der Waals surface area contributed by atoms with Gasteiger partial charge in [-0.05, 0) is 61.0 Å². The Morgan fingerprint density at radius 1 is 0.964 bits per heavy atom. The van der Waals surface area contributed by atoms with Crippen molar-refractivity contribution in [3.05, 3.63) is 60.7 Å². The number of anilines is 1. The van der Waals surface area contributed by atoms with Crippen LogP contribution >= 0.6 is 0 Å². The monoisotopic (exact) mass is 399 g/mol. The van der Waals surface area contributed by atoms with Crippen LogP contribution < -0.4 is 9.73 Å². The molecule has 2 rings (SSSR count). The van der Waals surface area contributed by atoms with E-state index in [1.165, 1.54) is 18.3 Å². The van der Waals surface area contributed by atoms with Gasteiger partial charge in [0.05, 0.1) is 16.3 Å². The van der Waals surface area contributed by atoms with E-state index in [1.807, 2.05) is 49.3 Å². The van der Waals surface area contributed by atoms with Crippen molar-refractivity contribution in [2.75, 3.05) is 19.0 Å². The molecule has 0 aliphatic carbocycles. The van der Waals surface area contributed by atoms with Gasteiger partial charge < -0.3 is 4.90 Å². The third-order valence-electron chi connectivity index (χ3n) is 3.72. The molecule has 0 bridgehead atoms. The Morgan fingerprint density at radius 2 is 1.54 bits per heavy atom. The fourth-order valence-corrected chi connectivity index (χ4v) is 2.94. The molecule has 0 saturated carbocycles. The number of benzene rings is 2. The highest BCUT2D eigenvalue weighted by atomic mass is 32.2. The number of hydrogen-bond acceptors (Lipinski definition) is 6. The average Bonchev–Trinajstić information content (AvgIpc) is 2.69. The fourth-order valence-electron chi connectivity index (χ4n) is 2.14. The molecule has 0 atom stereocenters. The predicted octanol–water partition coefficient (Wildman–Crippen LogP) is 4.79. The van der Waals surface area contributed by atoms with Gasteiger partial charge in [-0.1, -0.05) is 19.4 Å². The molecule has 2 aromatic carbocycles. The van der Waals surface area contributed by atoms with Crippen LogP contribution in [0.1, 0.15) is 19.8 Å². The van der Waals surface area contributed by atoms with E-state index >= 15 is 0 Å². The van der Waals surface area contributed by atoms with Gasteiger partial charge in [0.15, 0.2) is 0 Å². The summed E-state index contributed by atoms with van der Waals surface area (Å²) in [7, 11) is 0.227. The quantitative estimate of drug-likeness (QED) is 0.374. The van der Waals surface area contributed by atoms with Crippen LogP contribution in [-0.4, -0.2) is 28.7 Å². The largest absolute Gasteiger partial charge is 0.378 e. The molecular weight excluding hydrogens is 374 g/mol. The van der Waals surface area contributed by atoms with Crippen molar-refractivity contribution in [3.8, 4) is 0 Å². The number of hydrogen-bond donors (Lipinski definition) is 1. The summed E-state index contributed by atoms with van der Waals surface area (Å²) in [6.45, 7) is 2.06. The standard InChI is InChI=1S/C20H25N5O2S/c1-4-5-6-7-16-21-24-28(26,27)20-14-10-18(11-15-20)23-22-17-8-12-19(13-9-17)25(2)3/h6-16,24H,4-5H2,1-3H3/b7-6+,21-16+,23-22?. The van der Waals surface area contributed by atoms with E-state index < -0.39 is 10.0 Å². The lowest BCUT2D eigenvalue weighted by Crippen LogP contribution is -2.17. The molecule has 2 aromatic rings. The Balaban J connectivity index is 2.00. The number of unbranched alkanes of at least 4 members (excludes halogenated alkanes) is 1. The second kappa shape index (κ2) is 10.4. The highest BCUT2D eigenvalue weighted by Crippen LogP contribution is 2.22. The number of allylic oxidation sites excluding steroid dienone is 2. The molecule has 7 nitrogen and oxygen atoms in total. The van der Waals surface area contributed by atoms with Crippen molar-refractivity contribution in [3.63, 3.8) is 0 Å². The minimum Gasteiger partial charge on any atom is -0.378 e. The van der Waals surface area contributed by atoms with Gasteiger partial charge >= 0.3 is 0 Å². The molecule has 0 radical (unpaired) electrons. The van der Waals surface area contributed by atoms with Crippen LogP contribution in [0.5, 0.6) is 0 Å². The summed E-state index contributed by atoms with van der Waals surface area (Å²) in [5.74, 6) is 0. The normalized spacial score (nSPS) is 12.2. The molecule has 0 aliphatic rings. The molecule has 0 spiro atoms. The highest BCUT2D eigenvalue weighted by Gasteiger charge is 2.12. The van der Waals surface area contributed by atoms with Crippen molar-refractivity contribution in [1.82, 2.24) is 4.83 Å². The van der Waals surface area contributed by atoms with Crippen molar-refractivity contribution < 1.29 is 8.42 Å². The highest BCUT2D eigenvalue weighted by molar-refractivity contribution is 7.89.